The summed E-state index contributed by atoms with van der Waals surface area (Å²) in [6, 6.07) is 14.4. The van der Waals surface area contributed by atoms with Crippen molar-refractivity contribution in [2.24, 2.45) is 0 Å². The second-order valence-electron chi connectivity index (χ2n) is 6.53. The number of carbonyl (C=O) groups excluding carboxylic acids is 2. The number of ether oxygens (including phenoxy) is 2. The van der Waals surface area contributed by atoms with Crippen molar-refractivity contribution in [2.45, 2.75) is 13.0 Å². The molecule has 1 unspecified atom stereocenters. The molecule has 0 saturated carbocycles. The predicted octanol–water partition coefficient (Wildman–Crippen LogP) is 2.15. The molecule has 148 valence electrons. The number of fused-ring (bicyclic) bond motifs is 1. The molecule has 0 aromatic heterocycles. The molecule has 2 aromatic carbocycles. The van der Waals surface area contributed by atoms with Gasteiger partial charge in [-0.1, -0.05) is 19.1 Å². The van der Waals surface area contributed by atoms with Crippen LogP contribution in [0, 0.1) is 0 Å². The van der Waals surface area contributed by atoms with E-state index in [1.165, 1.54) is 0 Å². The van der Waals surface area contributed by atoms with Crippen LogP contribution in [0.5, 0.6) is 11.5 Å². The number of likely N-dealkylation sites (N-methyl/N-ethyl adjacent to an activating group) is 1. The van der Waals surface area contributed by atoms with Gasteiger partial charge < -0.3 is 20.1 Å². The molecule has 1 aliphatic rings. The van der Waals surface area contributed by atoms with E-state index in [9.17, 15) is 9.59 Å². The van der Waals surface area contributed by atoms with Crippen LogP contribution in [-0.4, -0.2) is 56.1 Å². The molecule has 7 nitrogen and oxygen atoms in total. The highest BCUT2D eigenvalue weighted by atomic mass is 16.6. The fraction of sp³-hybridized carbons (Fsp3) is 0.333. The standard InChI is InChI=1S/C21H25N3O4/c1-3-24(12-17-14-27-18-6-4-5-7-19(18)28-17)13-20(25)23-16-10-8-15(9-11-16)21(26)22-2/h4-11,17H,3,12-14H2,1-2H3,(H,22,26)(H,23,25). The van der Waals surface area contributed by atoms with Crippen molar-refractivity contribution >= 4 is 17.5 Å². The van der Waals surface area contributed by atoms with Crippen LogP contribution in [0.4, 0.5) is 5.69 Å². The van der Waals surface area contributed by atoms with Gasteiger partial charge in [-0.3, -0.25) is 14.5 Å². The molecule has 2 amide bonds. The molecule has 0 fully saturated rings. The zero-order valence-electron chi connectivity index (χ0n) is 16.1. The van der Waals surface area contributed by atoms with E-state index in [2.05, 4.69) is 10.6 Å². The molecular formula is C21H25N3O4. The monoisotopic (exact) mass is 383 g/mol. The molecule has 0 saturated heterocycles. The molecule has 1 heterocycles. The van der Waals surface area contributed by atoms with E-state index >= 15 is 0 Å². The van der Waals surface area contributed by atoms with Gasteiger partial charge in [-0.15, -0.1) is 0 Å². The van der Waals surface area contributed by atoms with Crippen molar-refractivity contribution in [3.05, 3.63) is 54.1 Å². The fourth-order valence-electron chi connectivity index (χ4n) is 3.00. The Balaban J connectivity index is 1.51. The third-order valence-electron chi connectivity index (χ3n) is 4.50. The quantitative estimate of drug-likeness (QED) is 0.766. The number of carbonyl (C=O) groups is 2. The van der Waals surface area contributed by atoms with Gasteiger partial charge in [0, 0.05) is 24.8 Å². The van der Waals surface area contributed by atoms with E-state index in [1.54, 1.807) is 31.3 Å². The van der Waals surface area contributed by atoms with Gasteiger partial charge in [-0.25, -0.2) is 0 Å². The minimum absolute atomic E-state index is 0.119. The van der Waals surface area contributed by atoms with E-state index < -0.39 is 0 Å². The Hall–Kier alpha value is -3.06. The van der Waals surface area contributed by atoms with E-state index in [-0.39, 0.29) is 24.5 Å². The van der Waals surface area contributed by atoms with Crippen molar-refractivity contribution in [1.82, 2.24) is 10.2 Å². The molecule has 28 heavy (non-hydrogen) atoms. The first kappa shape index (κ1) is 19.7. The maximum absolute atomic E-state index is 12.4. The lowest BCUT2D eigenvalue weighted by atomic mass is 10.2. The van der Waals surface area contributed by atoms with E-state index in [1.807, 2.05) is 36.1 Å². The predicted molar refractivity (Wildman–Crippen MR) is 107 cm³/mol. The van der Waals surface area contributed by atoms with Crippen molar-refractivity contribution in [2.75, 3.05) is 38.6 Å². The van der Waals surface area contributed by atoms with Crippen LogP contribution in [-0.2, 0) is 4.79 Å². The maximum atomic E-state index is 12.4. The molecular weight excluding hydrogens is 358 g/mol. The molecule has 0 aliphatic carbocycles. The number of para-hydroxylation sites is 2. The Morgan fingerprint density at radius 2 is 1.82 bits per heavy atom. The number of anilines is 1. The van der Waals surface area contributed by atoms with E-state index in [0.29, 0.717) is 30.9 Å². The number of hydrogen-bond acceptors (Lipinski definition) is 5. The Morgan fingerprint density at radius 1 is 1.11 bits per heavy atom. The van der Waals surface area contributed by atoms with Gasteiger partial charge in [0.2, 0.25) is 5.91 Å². The summed E-state index contributed by atoms with van der Waals surface area (Å²) < 4.78 is 11.7. The van der Waals surface area contributed by atoms with Gasteiger partial charge in [0.1, 0.15) is 12.7 Å². The van der Waals surface area contributed by atoms with Crippen LogP contribution in [0.2, 0.25) is 0 Å². The third kappa shape index (κ3) is 5.01. The lowest BCUT2D eigenvalue weighted by Crippen LogP contribution is -2.43. The summed E-state index contributed by atoms with van der Waals surface area (Å²) in [5, 5.41) is 5.42. The van der Waals surface area contributed by atoms with Gasteiger partial charge in [-0.05, 0) is 42.9 Å². The zero-order valence-corrected chi connectivity index (χ0v) is 16.1. The second-order valence-corrected chi connectivity index (χ2v) is 6.53. The lowest BCUT2D eigenvalue weighted by molar-refractivity contribution is -0.117. The highest BCUT2D eigenvalue weighted by Gasteiger charge is 2.23. The molecule has 2 N–H and O–H groups in total. The van der Waals surface area contributed by atoms with E-state index in [4.69, 9.17) is 9.47 Å². The molecule has 2 aromatic rings. The summed E-state index contributed by atoms with van der Waals surface area (Å²) in [5.41, 5.74) is 1.20. The molecule has 0 radical (unpaired) electrons. The van der Waals surface area contributed by atoms with Crippen molar-refractivity contribution in [1.29, 1.82) is 0 Å². The smallest absolute Gasteiger partial charge is 0.251 e. The summed E-state index contributed by atoms with van der Waals surface area (Å²) in [6.45, 7) is 4.01. The molecule has 0 spiro atoms. The van der Waals surface area contributed by atoms with Crippen LogP contribution >= 0.6 is 0 Å². The highest BCUT2D eigenvalue weighted by Crippen LogP contribution is 2.30. The van der Waals surface area contributed by atoms with Gasteiger partial charge in [0.05, 0.1) is 6.54 Å². The molecule has 3 rings (SSSR count). The first-order valence-electron chi connectivity index (χ1n) is 9.32. The number of rotatable bonds is 7. The lowest BCUT2D eigenvalue weighted by Gasteiger charge is -2.30. The van der Waals surface area contributed by atoms with Gasteiger partial charge in [0.15, 0.2) is 11.5 Å². The highest BCUT2D eigenvalue weighted by molar-refractivity contribution is 5.96. The molecule has 7 heteroatoms. The van der Waals surface area contributed by atoms with Crippen molar-refractivity contribution < 1.29 is 19.1 Å². The Labute approximate surface area is 164 Å². The van der Waals surface area contributed by atoms with Gasteiger partial charge >= 0.3 is 0 Å². The second kappa shape index (κ2) is 9.23. The minimum atomic E-state index is -0.161. The Morgan fingerprint density at radius 3 is 2.50 bits per heavy atom. The Bertz CT molecular complexity index is 823. The maximum Gasteiger partial charge on any atom is 0.251 e. The summed E-state index contributed by atoms with van der Waals surface area (Å²) in [7, 11) is 1.58. The summed E-state index contributed by atoms with van der Waals surface area (Å²) >= 11 is 0. The first-order valence-corrected chi connectivity index (χ1v) is 9.32. The molecule has 1 atom stereocenters. The SMILES string of the molecule is CCN(CC(=O)Nc1ccc(C(=O)NC)cc1)CC1COc2ccccc2O1. The third-order valence-corrected chi connectivity index (χ3v) is 4.50. The minimum Gasteiger partial charge on any atom is -0.486 e. The molecule has 1 aliphatic heterocycles. The van der Waals surface area contributed by atoms with Gasteiger partial charge in [-0.2, -0.15) is 0 Å². The average Bonchev–Trinajstić information content (AvgIpc) is 2.73. The van der Waals surface area contributed by atoms with Crippen LogP contribution in [0.15, 0.2) is 48.5 Å². The van der Waals surface area contributed by atoms with Crippen LogP contribution in [0.25, 0.3) is 0 Å². The normalized spacial score (nSPS) is 15.2. The number of benzene rings is 2. The summed E-state index contributed by atoms with van der Waals surface area (Å²) in [4.78, 5) is 26.0. The first-order chi connectivity index (χ1) is 13.6. The number of amides is 2. The summed E-state index contributed by atoms with van der Waals surface area (Å²) in [6.07, 6.45) is -0.130. The largest absolute Gasteiger partial charge is 0.486 e. The zero-order chi connectivity index (χ0) is 19.9. The number of nitrogens with zero attached hydrogens (tertiary/aromatic N) is 1. The average molecular weight is 383 g/mol. The van der Waals surface area contributed by atoms with Gasteiger partial charge in [0.25, 0.3) is 5.91 Å². The summed E-state index contributed by atoms with van der Waals surface area (Å²) in [5.74, 6) is 1.20. The molecule has 0 bridgehead atoms. The Kier molecular flexibility index (Phi) is 6.49. The topological polar surface area (TPSA) is 79.9 Å². The van der Waals surface area contributed by atoms with E-state index in [0.717, 1.165) is 11.5 Å². The number of nitrogens with one attached hydrogen (secondary N) is 2. The van der Waals surface area contributed by atoms with Crippen LogP contribution in [0.3, 0.4) is 0 Å². The fourth-order valence-corrected chi connectivity index (χ4v) is 3.00. The number of hydrogen-bond donors (Lipinski definition) is 2. The van der Waals surface area contributed by atoms with Crippen LogP contribution < -0.4 is 20.1 Å². The van der Waals surface area contributed by atoms with Crippen LogP contribution in [0.1, 0.15) is 17.3 Å². The van der Waals surface area contributed by atoms with Crippen molar-refractivity contribution in [3.63, 3.8) is 0 Å². The van der Waals surface area contributed by atoms with Crippen molar-refractivity contribution in [3.8, 4) is 11.5 Å².